The lowest BCUT2D eigenvalue weighted by atomic mass is 10.2. The first-order valence-corrected chi connectivity index (χ1v) is 6.34. The molecule has 0 unspecified atom stereocenters. The third-order valence-electron chi connectivity index (χ3n) is 2.41. The highest BCUT2D eigenvalue weighted by atomic mass is 35.5. The number of benzene rings is 1. The SMILES string of the molecule is COc1c(Cl)cc(C(=O)N(CC(N)=O)CC(=O)O)cc1Cl. The molecule has 1 rings (SSSR count). The minimum absolute atomic E-state index is 0.0216. The number of primary amides is 1. The van der Waals surface area contributed by atoms with Crippen molar-refractivity contribution >= 4 is 41.0 Å². The van der Waals surface area contributed by atoms with Crippen molar-refractivity contribution in [2.75, 3.05) is 20.2 Å². The minimum atomic E-state index is -1.28. The van der Waals surface area contributed by atoms with E-state index in [-0.39, 0.29) is 21.4 Å². The van der Waals surface area contributed by atoms with Crippen molar-refractivity contribution < 1.29 is 24.2 Å². The van der Waals surface area contributed by atoms with Gasteiger partial charge >= 0.3 is 5.97 Å². The molecule has 1 aromatic rings. The summed E-state index contributed by atoms with van der Waals surface area (Å²) in [6.45, 7) is -1.21. The van der Waals surface area contributed by atoms with Gasteiger partial charge in [-0.05, 0) is 12.1 Å². The van der Waals surface area contributed by atoms with Gasteiger partial charge in [0, 0.05) is 5.56 Å². The first kappa shape index (κ1) is 17.1. The number of carboxylic acids is 1. The Morgan fingerprint density at radius 2 is 1.76 bits per heavy atom. The summed E-state index contributed by atoms with van der Waals surface area (Å²) in [5, 5.41) is 8.94. The standard InChI is InChI=1S/C12H12Cl2N2O5/c1-21-11-7(13)2-6(3-8(11)14)12(20)16(4-9(15)17)5-10(18)19/h2-3H,4-5H2,1H3,(H2,15,17)(H,18,19). The summed E-state index contributed by atoms with van der Waals surface area (Å²) in [6, 6.07) is 2.54. The quantitative estimate of drug-likeness (QED) is 0.806. The Kier molecular flexibility index (Phi) is 5.80. The Labute approximate surface area is 130 Å². The fraction of sp³-hybridized carbons (Fsp3) is 0.250. The van der Waals surface area contributed by atoms with Crippen molar-refractivity contribution in [3.8, 4) is 5.75 Å². The number of amides is 2. The van der Waals surface area contributed by atoms with Gasteiger partial charge in [-0.1, -0.05) is 23.2 Å². The Hall–Kier alpha value is -1.99. The second kappa shape index (κ2) is 7.14. The van der Waals surface area contributed by atoms with Gasteiger partial charge in [-0.2, -0.15) is 0 Å². The molecule has 7 nitrogen and oxygen atoms in total. The van der Waals surface area contributed by atoms with E-state index in [1.807, 2.05) is 0 Å². The fourth-order valence-electron chi connectivity index (χ4n) is 1.61. The number of nitrogens with two attached hydrogens (primary N) is 1. The first-order chi connectivity index (χ1) is 9.76. The molecule has 0 saturated heterocycles. The number of hydrogen-bond donors (Lipinski definition) is 2. The van der Waals surface area contributed by atoms with Crippen LogP contribution >= 0.6 is 23.2 Å². The summed E-state index contributed by atoms with van der Waals surface area (Å²) >= 11 is 11.8. The van der Waals surface area contributed by atoms with Crippen LogP contribution < -0.4 is 10.5 Å². The molecule has 0 atom stereocenters. The highest BCUT2D eigenvalue weighted by molar-refractivity contribution is 6.37. The Morgan fingerprint density at radius 3 is 2.14 bits per heavy atom. The van der Waals surface area contributed by atoms with Gasteiger partial charge in [0.15, 0.2) is 5.75 Å². The zero-order valence-electron chi connectivity index (χ0n) is 10.9. The number of rotatable bonds is 6. The molecule has 0 aliphatic rings. The maximum atomic E-state index is 12.2. The lowest BCUT2D eigenvalue weighted by Gasteiger charge is -2.19. The molecule has 114 valence electrons. The molecule has 0 aliphatic carbocycles. The topological polar surface area (TPSA) is 110 Å². The van der Waals surface area contributed by atoms with Gasteiger partial charge in [0.25, 0.3) is 5.91 Å². The van der Waals surface area contributed by atoms with Crippen molar-refractivity contribution in [1.29, 1.82) is 0 Å². The van der Waals surface area contributed by atoms with Gasteiger partial charge in [0.2, 0.25) is 5.91 Å². The van der Waals surface area contributed by atoms with Crippen molar-refractivity contribution in [2.45, 2.75) is 0 Å². The molecule has 3 N–H and O–H groups in total. The molecule has 0 fully saturated rings. The van der Waals surface area contributed by atoms with Gasteiger partial charge in [-0.15, -0.1) is 0 Å². The van der Waals surface area contributed by atoms with E-state index >= 15 is 0 Å². The Balaban J connectivity index is 3.14. The molecule has 0 aliphatic heterocycles. The average Bonchev–Trinajstić information content (AvgIpc) is 2.35. The predicted molar refractivity (Wildman–Crippen MR) is 75.7 cm³/mol. The smallest absolute Gasteiger partial charge is 0.323 e. The summed E-state index contributed by atoms with van der Waals surface area (Å²) in [4.78, 5) is 34.7. The van der Waals surface area contributed by atoms with Crippen molar-refractivity contribution in [1.82, 2.24) is 4.90 Å². The van der Waals surface area contributed by atoms with E-state index < -0.39 is 30.9 Å². The monoisotopic (exact) mass is 334 g/mol. The van der Waals surface area contributed by atoms with E-state index in [9.17, 15) is 14.4 Å². The van der Waals surface area contributed by atoms with E-state index in [1.165, 1.54) is 19.2 Å². The molecule has 0 heterocycles. The average molecular weight is 335 g/mol. The summed E-state index contributed by atoms with van der Waals surface area (Å²) in [5.74, 6) is -2.66. The van der Waals surface area contributed by atoms with E-state index in [4.69, 9.17) is 38.8 Å². The maximum absolute atomic E-state index is 12.2. The normalized spacial score (nSPS) is 10.0. The highest BCUT2D eigenvalue weighted by Crippen LogP contribution is 2.34. The Morgan fingerprint density at radius 1 is 1.24 bits per heavy atom. The number of methoxy groups -OCH3 is 1. The van der Waals surface area contributed by atoms with Crippen LogP contribution in [0.25, 0.3) is 0 Å². The molecule has 0 bridgehead atoms. The van der Waals surface area contributed by atoms with E-state index in [0.29, 0.717) is 0 Å². The summed E-state index contributed by atoms with van der Waals surface area (Å²) in [7, 11) is 1.36. The van der Waals surface area contributed by atoms with Gasteiger partial charge in [0.1, 0.15) is 13.1 Å². The van der Waals surface area contributed by atoms with Crippen LogP contribution in [0.15, 0.2) is 12.1 Å². The third kappa shape index (κ3) is 4.51. The number of carboxylic acid groups (broad SMARTS) is 1. The fourth-order valence-corrected chi connectivity index (χ4v) is 2.25. The molecule has 0 radical (unpaired) electrons. The second-order valence-corrected chi connectivity index (χ2v) is 4.81. The highest BCUT2D eigenvalue weighted by Gasteiger charge is 2.22. The first-order valence-electron chi connectivity index (χ1n) is 5.58. The molecule has 0 spiro atoms. The van der Waals surface area contributed by atoms with Crippen LogP contribution in [0.5, 0.6) is 5.75 Å². The van der Waals surface area contributed by atoms with Crippen LogP contribution in [0.1, 0.15) is 10.4 Å². The van der Waals surface area contributed by atoms with E-state index in [1.54, 1.807) is 0 Å². The third-order valence-corrected chi connectivity index (χ3v) is 2.97. The lowest BCUT2D eigenvalue weighted by molar-refractivity contribution is -0.138. The summed E-state index contributed by atoms with van der Waals surface area (Å²) < 4.78 is 4.94. The largest absolute Gasteiger partial charge is 0.494 e. The molecule has 2 amide bonds. The van der Waals surface area contributed by atoms with E-state index in [2.05, 4.69) is 0 Å². The second-order valence-electron chi connectivity index (χ2n) is 3.99. The molecule has 0 aromatic heterocycles. The summed E-state index contributed by atoms with van der Waals surface area (Å²) in [6.07, 6.45) is 0. The van der Waals surface area contributed by atoms with Gasteiger partial charge in [-0.25, -0.2) is 0 Å². The number of ether oxygens (including phenoxy) is 1. The number of carbonyl (C=O) groups excluding carboxylic acids is 2. The number of hydrogen-bond acceptors (Lipinski definition) is 4. The molecular weight excluding hydrogens is 323 g/mol. The molecular formula is C12H12Cl2N2O5. The molecule has 21 heavy (non-hydrogen) atoms. The zero-order valence-corrected chi connectivity index (χ0v) is 12.4. The minimum Gasteiger partial charge on any atom is -0.494 e. The van der Waals surface area contributed by atoms with Crippen LogP contribution in [0.4, 0.5) is 0 Å². The molecule has 1 aromatic carbocycles. The van der Waals surface area contributed by atoms with Gasteiger partial charge in [0.05, 0.1) is 17.2 Å². The zero-order chi connectivity index (χ0) is 16.2. The van der Waals surface area contributed by atoms with Gasteiger partial charge < -0.3 is 20.5 Å². The van der Waals surface area contributed by atoms with Crippen molar-refractivity contribution in [2.24, 2.45) is 5.73 Å². The predicted octanol–water partition coefficient (Wildman–Crippen LogP) is 1.01. The molecule has 9 heteroatoms. The van der Waals surface area contributed by atoms with Gasteiger partial charge in [-0.3, -0.25) is 14.4 Å². The Bertz CT molecular complexity index is 552. The number of carbonyl (C=O) groups is 3. The van der Waals surface area contributed by atoms with Crippen LogP contribution in [0, 0.1) is 0 Å². The number of nitrogens with zero attached hydrogens (tertiary/aromatic N) is 1. The van der Waals surface area contributed by atoms with Crippen molar-refractivity contribution in [3.05, 3.63) is 27.7 Å². The van der Waals surface area contributed by atoms with Crippen LogP contribution in [0.2, 0.25) is 10.0 Å². The van der Waals surface area contributed by atoms with Crippen LogP contribution in [-0.4, -0.2) is 48.0 Å². The van der Waals surface area contributed by atoms with Crippen molar-refractivity contribution in [3.63, 3.8) is 0 Å². The summed E-state index contributed by atoms with van der Waals surface area (Å²) in [5.41, 5.74) is 5.01. The maximum Gasteiger partial charge on any atom is 0.323 e. The molecule has 0 saturated carbocycles. The van der Waals surface area contributed by atoms with E-state index in [0.717, 1.165) is 4.90 Å². The lowest BCUT2D eigenvalue weighted by Crippen LogP contribution is -2.41. The number of aliphatic carboxylic acids is 1. The number of halogens is 2. The van der Waals surface area contributed by atoms with Crippen LogP contribution in [-0.2, 0) is 9.59 Å². The van der Waals surface area contributed by atoms with Crippen LogP contribution in [0.3, 0.4) is 0 Å².